The molecule has 7 nitrogen and oxygen atoms in total. The normalized spacial score (nSPS) is 27.8. The van der Waals surface area contributed by atoms with Crippen LogP contribution in [0.3, 0.4) is 0 Å². The summed E-state index contributed by atoms with van der Waals surface area (Å²) >= 11 is 0. The lowest BCUT2D eigenvalue weighted by Crippen LogP contribution is -2.46. The first-order valence-corrected chi connectivity index (χ1v) is 8.20. The van der Waals surface area contributed by atoms with Crippen molar-refractivity contribution in [2.75, 3.05) is 13.7 Å². The standard InChI is InChI=1S/C16H24N2O5/c1-21-9-13-7-11(18-23-13)6-12-4-5-14(19)15(22-12)8-17-16(20)10-2-3-10/h7,10,12,14-15,19H,2-6,8-9H2,1H3,(H,17,20)/t12-,14-,15+/m0/s1. The van der Waals surface area contributed by atoms with Gasteiger partial charge in [-0.3, -0.25) is 4.79 Å². The molecule has 1 aliphatic heterocycles. The minimum atomic E-state index is -0.535. The number of carbonyl (C=O) groups excluding carboxylic acids is 1. The van der Waals surface area contributed by atoms with Crippen LogP contribution in [0.25, 0.3) is 0 Å². The highest BCUT2D eigenvalue weighted by Gasteiger charge is 2.33. The summed E-state index contributed by atoms with van der Waals surface area (Å²) in [6.45, 7) is 0.758. The number of amides is 1. The molecule has 0 unspecified atom stereocenters. The third-order valence-electron chi connectivity index (χ3n) is 4.34. The number of aromatic nitrogens is 1. The molecule has 7 heteroatoms. The number of aliphatic hydroxyl groups is 1. The molecule has 128 valence electrons. The van der Waals surface area contributed by atoms with Gasteiger partial charge in [0.05, 0.1) is 17.9 Å². The van der Waals surface area contributed by atoms with E-state index in [9.17, 15) is 9.90 Å². The van der Waals surface area contributed by atoms with E-state index in [-0.39, 0.29) is 24.0 Å². The van der Waals surface area contributed by atoms with Crippen molar-refractivity contribution in [1.29, 1.82) is 0 Å². The minimum absolute atomic E-state index is 0.0262. The van der Waals surface area contributed by atoms with Crippen LogP contribution in [-0.4, -0.2) is 48.1 Å². The van der Waals surface area contributed by atoms with E-state index in [1.165, 1.54) is 0 Å². The fourth-order valence-electron chi connectivity index (χ4n) is 2.87. The zero-order chi connectivity index (χ0) is 16.2. The lowest BCUT2D eigenvalue weighted by molar-refractivity contribution is -0.130. The molecule has 1 aliphatic carbocycles. The number of hydrogen-bond donors (Lipinski definition) is 2. The Bertz CT molecular complexity index is 528. The number of nitrogens with one attached hydrogen (secondary N) is 1. The van der Waals surface area contributed by atoms with E-state index in [0.29, 0.717) is 31.8 Å². The zero-order valence-electron chi connectivity index (χ0n) is 13.4. The van der Waals surface area contributed by atoms with Gasteiger partial charge in [-0.25, -0.2) is 0 Å². The molecule has 0 spiro atoms. The van der Waals surface area contributed by atoms with E-state index in [4.69, 9.17) is 14.0 Å². The average molecular weight is 324 g/mol. The molecule has 2 N–H and O–H groups in total. The number of carbonyl (C=O) groups is 1. The summed E-state index contributed by atoms with van der Waals surface area (Å²) < 4.78 is 16.1. The van der Waals surface area contributed by atoms with Crippen LogP contribution in [0.5, 0.6) is 0 Å². The Morgan fingerprint density at radius 2 is 2.26 bits per heavy atom. The van der Waals surface area contributed by atoms with Crippen LogP contribution < -0.4 is 5.32 Å². The van der Waals surface area contributed by atoms with Gasteiger partial charge in [-0.05, 0) is 25.7 Å². The van der Waals surface area contributed by atoms with Gasteiger partial charge in [0, 0.05) is 32.1 Å². The Labute approximate surface area is 135 Å². The largest absolute Gasteiger partial charge is 0.390 e. The second-order valence-electron chi connectivity index (χ2n) is 6.38. The molecule has 1 saturated heterocycles. The maximum atomic E-state index is 11.7. The summed E-state index contributed by atoms with van der Waals surface area (Å²) in [5, 5.41) is 17.0. The van der Waals surface area contributed by atoms with E-state index in [0.717, 1.165) is 25.0 Å². The number of ether oxygens (including phenoxy) is 2. The Morgan fingerprint density at radius 1 is 1.43 bits per heavy atom. The molecule has 2 fully saturated rings. The van der Waals surface area contributed by atoms with Gasteiger partial charge in [-0.2, -0.15) is 0 Å². The minimum Gasteiger partial charge on any atom is -0.390 e. The van der Waals surface area contributed by atoms with E-state index >= 15 is 0 Å². The van der Waals surface area contributed by atoms with Crippen LogP contribution in [-0.2, 0) is 27.3 Å². The smallest absolute Gasteiger partial charge is 0.223 e. The van der Waals surface area contributed by atoms with Crippen molar-refractivity contribution in [2.45, 2.75) is 57.0 Å². The number of nitrogens with zero attached hydrogens (tertiary/aromatic N) is 1. The maximum Gasteiger partial charge on any atom is 0.223 e. The van der Waals surface area contributed by atoms with Crippen LogP contribution in [0.15, 0.2) is 10.6 Å². The van der Waals surface area contributed by atoms with Crippen LogP contribution in [0.4, 0.5) is 0 Å². The predicted molar refractivity (Wildman–Crippen MR) is 80.6 cm³/mol. The molecule has 3 rings (SSSR count). The SMILES string of the molecule is COCc1cc(C[C@@H]2CC[C@H](O)[C@@H](CNC(=O)C3CC3)O2)no1. The van der Waals surface area contributed by atoms with Gasteiger partial charge in [0.1, 0.15) is 12.7 Å². The van der Waals surface area contributed by atoms with Crippen molar-refractivity contribution >= 4 is 5.91 Å². The van der Waals surface area contributed by atoms with Crippen LogP contribution >= 0.6 is 0 Å². The van der Waals surface area contributed by atoms with Crippen molar-refractivity contribution in [1.82, 2.24) is 10.5 Å². The molecule has 1 aromatic rings. The zero-order valence-corrected chi connectivity index (χ0v) is 13.4. The first kappa shape index (κ1) is 16.4. The number of methoxy groups -OCH3 is 1. The lowest BCUT2D eigenvalue weighted by atomic mass is 9.98. The second kappa shape index (κ2) is 7.42. The van der Waals surface area contributed by atoms with Crippen LogP contribution in [0.2, 0.25) is 0 Å². The van der Waals surface area contributed by atoms with Gasteiger partial charge >= 0.3 is 0 Å². The fourth-order valence-corrected chi connectivity index (χ4v) is 2.87. The van der Waals surface area contributed by atoms with Gasteiger partial charge in [0.25, 0.3) is 0 Å². The van der Waals surface area contributed by atoms with Gasteiger partial charge in [0.15, 0.2) is 5.76 Å². The third kappa shape index (κ3) is 4.53. The number of aliphatic hydroxyl groups excluding tert-OH is 1. The monoisotopic (exact) mass is 324 g/mol. The van der Waals surface area contributed by atoms with E-state index < -0.39 is 6.10 Å². The van der Waals surface area contributed by atoms with Gasteiger partial charge in [0.2, 0.25) is 5.91 Å². The van der Waals surface area contributed by atoms with Crippen LogP contribution in [0, 0.1) is 5.92 Å². The Balaban J connectivity index is 1.48. The first-order valence-electron chi connectivity index (χ1n) is 8.20. The van der Waals surface area contributed by atoms with Crippen molar-refractivity contribution in [3.63, 3.8) is 0 Å². The number of rotatable bonds is 7. The summed E-state index contributed by atoms with van der Waals surface area (Å²) in [5.41, 5.74) is 0.819. The molecule has 2 aliphatic rings. The van der Waals surface area contributed by atoms with Crippen LogP contribution in [0.1, 0.15) is 37.1 Å². The highest BCUT2D eigenvalue weighted by atomic mass is 16.5. The van der Waals surface area contributed by atoms with Gasteiger partial charge in [-0.15, -0.1) is 0 Å². The topological polar surface area (TPSA) is 93.8 Å². The summed E-state index contributed by atoms with van der Waals surface area (Å²) in [6, 6.07) is 1.86. The maximum absolute atomic E-state index is 11.7. The molecule has 1 amide bonds. The fraction of sp³-hybridized carbons (Fsp3) is 0.750. The summed E-state index contributed by atoms with van der Waals surface area (Å²) in [6.07, 6.45) is 3.08. The Kier molecular flexibility index (Phi) is 5.30. The summed E-state index contributed by atoms with van der Waals surface area (Å²) in [7, 11) is 1.61. The molecule has 1 saturated carbocycles. The molecule has 3 atom stereocenters. The van der Waals surface area contributed by atoms with Crippen molar-refractivity contribution < 1.29 is 23.9 Å². The molecular formula is C16H24N2O5. The molecular weight excluding hydrogens is 300 g/mol. The summed E-state index contributed by atoms with van der Waals surface area (Å²) in [4.78, 5) is 11.7. The summed E-state index contributed by atoms with van der Waals surface area (Å²) in [5.74, 6) is 0.927. The first-order chi connectivity index (χ1) is 11.2. The van der Waals surface area contributed by atoms with Crippen molar-refractivity contribution in [3.8, 4) is 0 Å². The average Bonchev–Trinajstić information content (AvgIpc) is 3.30. The molecule has 2 heterocycles. The van der Waals surface area contributed by atoms with Gasteiger partial charge in [-0.1, -0.05) is 5.16 Å². The van der Waals surface area contributed by atoms with E-state index in [2.05, 4.69) is 10.5 Å². The van der Waals surface area contributed by atoms with E-state index in [1.54, 1.807) is 7.11 Å². The highest BCUT2D eigenvalue weighted by molar-refractivity contribution is 5.80. The lowest BCUT2D eigenvalue weighted by Gasteiger charge is -2.33. The Hall–Kier alpha value is -1.44. The molecule has 0 aromatic carbocycles. The quantitative estimate of drug-likeness (QED) is 0.770. The van der Waals surface area contributed by atoms with Gasteiger partial charge < -0.3 is 24.4 Å². The molecule has 0 bridgehead atoms. The molecule has 23 heavy (non-hydrogen) atoms. The second-order valence-corrected chi connectivity index (χ2v) is 6.38. The molecule has 0 radical (unpaired) electrons. The van der Waals surface area contributed by atoms with E-state index in [1.807, 2.05) is 6.07 Å². The Morgan fingerprint density at radius 3 is 3.00 bits per heavy atom. The number of hydrogen-bond acceptors (Lipinski definition) is 6. The predicted octanol–water partition coefficient (Wildman–Crippen LogP) is 0.798. The van der Waals surface area contributed by atoms with Crippen molar-refractivity contribution in [3.05, 3.63) is 17.5 Å². The highest BCUT2D eigenvalue weighted by Crippen LogP contribution is 2.29. The third-order valence-corrected chi connectivity index (χ3v) is 4.34. The van der Waals surface area contributed by atoms with Crippen molar-refractivity contribution in [2.24, 2.45) is 5.92 Å². The molecule has 1 aromatic heterocycles.